The first-order chi connectivity index (χ1) is 8.54. The Bertz CT molecular complexity index is 404. The maximum absolute atomic E-state index is 12.0. The van der Waals surface area contributed by atoms with Gasteiger partial charge < -0.3 is 15.5 Å². The van der Waals surface area contributed by atoms with Crippen LogP contribution in [0.4, 0.5) is 8.78 Å². The lowest BCUT2D eigenvalue weighted by Gasteiger charge is -2.14. The number of nitrogens with zero attached hydrogens (tertiary/aromatic N) is 1. The average Bonchev–Trinajstić information content (AvgIpc) is 2.38. The predicted molar refractivity (Wildman–Crippen MR) is 61.0 cm³/mol. The van der Waals surface area contributed by atoms with Crippen molar-refractivity contribution in [1.29, 1.82) is 5.26 Å². The molecule has 1 aromatic rings. The second-order valence-electron chi connectivity index (χ2n) is 3.81. The Hall–Kier alpha value is -1.55. The van der Waals surface area contributed by atoms with E-state index in [4.69, 9.17) is 10.4 Å². The molecule has 0 saturated carbocycles. The lowest BCUT2D eigenvalue weighted by Crippen LogP contribution is -2.34. The van der Waals surface area contributed by atoms with Gasteiger partial charge in [0.05, 0.1) is 17.7 Å². The van der Waals surface area contributed by atoms with E-state index in [-0.39, 0.29) is 13.1 Å². The monoisotopic (exact) mass is 256 g/mol. The zero-order valence-electron chi connectivity index (χ0n) is 9.55. The molecule has 1 aromatic carbocycles. The number of rotatable bonds is 6. The van der Waals surface area contributed by atoms with Gasteiger partial charge in [-0.1, -0.05) is 12.1 Å². The third-order valence-corrected chi connectivity index (χ3v) is 2.41. The third-order valence-electron chi connectivity index (χ3n) is 2.41. The maximum Gasteiger partial charge on any atom is 0.265 e. The number of nitriles is 1. The zero-order valence-corrected chi connectivity index (χ0v) is 9.55. The second kappa shape index (κ2) is 7.01. The smallest absolute Gasteiger partial charge is 0.265 e. The lowest BCUT2D eigenvalue weighted by molar-refractivity contribution is -0.00462. The van der Waals surface area contributed by atoms with Gasteiger partial charge in [-0.2, -0.15) is 5.26 Å². The van der Waals surface area contributed by atoms with Crippen LogP contribution in [0.3, 0.4) is 0 Å². The quantitative estimate of drug-likeness (QED) is 0.704. The van der Waals surface area contributed by atoms with Gasteiger partial charge in [-0.3, -0.25) is 0 Å². The fourth-order valence-electron chi connectivity index (χ4n) is 1.35. The van der Waals surface area contributed by atoms with Gasteiger partial charge in [-0.15, -0.1) is 0 Å². The summed E-state index contributed by atoms with van der Waals surface area (Å²) in [6.45, 7) is -0.235. The van der Waals surface area contributed by atoms with E-state index in [1.807, 2.05) is 6.07 Å². The van der Waals surface area contributed by atoms with Crippen LogP contribution in [0.25, 0.3) is 0 Å². The SMILES string of the molecule is N#Cc1ccc(C(O)CNCC(O)C(F)F)cc1. The molecule has 0 aliphatic rings. The molecule has 1 rings (SSSR count). The Kier molecular flexibility index (Phi) is 5.65. The van der Waals surface area contributed by atoms with Crippen LogP contribution in [0.2, 0.25) is 0 Å². The molecule has 4 nitrogen and oxygen atoms in total. The second-order valence-corrected chi connectivity index (χ2v) is 3.81. The highest BCUT2D eigenvalue weighted by Crippen LogP contribution is 2.12. The highest BCUT2D eigenvalue weighted by Gasteiger charge is 2.16. The molecule has 0 fully saturated rings. The van der Waals surface area contributed by atoms with Crippen LogP contribution in [0, 0.1) is 11.3 Å². The normalized spacial score (nSPS) is 14.2. The molecule has 0 bridgehead atoms. The minimum Gasteiger partial charge on any atom is -0.387 e. The molecule has 6 heteroatoms. The van der Waals surface area contributed by atoms with Gasteiger partial charge >= 0.3 is 0 Å². The lowest BCUT2D eigenvalue weighted by atomic mass is 10.1. The van der Waals surface area contributed by atoms with Crippen molar-refractivity contribution in [3.05, 3.63) is 35.4 Å². The van der Waals surface area contributed by atoms with E-state index in [1.165, 1.54) is 0 Å². The van der Waals surface area contributed by atoms with Gasteiger partial charge in [0, 0.05) is 13.1 Å². The Morgan fingerprint density at radius 3 is 2.28 bits per heavy atom. The molecule has 18 heavy (non-hydrogen) atoms. The Morgan fingerprint density at radius 1 is 1.17 bits per heavy atom. The highest BCUT2D eigenvalue weighted by atomic mass is 19.3. The van der Waals surface area contributed by atoms with E-state index in [2.05, 4.69) is 5.32 Å². The summed E-state index contributed by atoms with van der Waals surface area (Å²) in [5.41, 5.74) is 1.06. The number of nitrogens with one attached hydrogen (secondary N) is 1. The summed E-state index contributed by atoms with van der Waals surface area (Å²) in [7, 11) is 0. The van der Waals surface area contributed by atoms with Crippen LogP contribution in [0.1, 0.15) is 17.2 Å². The van der Waals surface area contributed by atoms with Crippen molar-refractivity contribution in [2.75, 3.05) is 13.1 Å². The largest absolute Gasteiger partial charge is 0.387 e. The number of benzene rings is 1. The van der Waals surface area contributed by atoms with E-state index >= 15 is 0 Å². The fraction of sp³-hybridized carbons (Fsp3) is 0.417. The number of aliphatic hydroxyl groups excluding tert-OH is 2. The van der Waals surface area contributed by atoms with Crippen molar-refractivity contribution >= 4 is 0 Å². The van der Waals surface area contributed by atoms with Crippen LogP contribution < -0.4 is 5.32 Å². The molecule has 0 radical (unpaired) electrons. The van der Waals surface area contributed by atoms with E-state index in [0.717, 1.165) is 0 Å². The highest BCUT2D eigenvalue weighted by molar-refractivity contribution is 5.32. The van der Waals surface area contributed by atoms with E-state index < -0.39 is 18.6 Å². The molecular formula is C12H14F2N2O2. The van der Waals surface area contributed by atoms with Gasteiger partial charge in [0.15, 0.2) is 0 Å². The number of aliphatic hydroxyl groups is 2. The first-order valence-corrected chi connectivity index (χ1v) is 5.39. The van der Waals surface area contributed by atoms with Crippen molar-refractivity contribution in [3.63, 3.8) is 0 Å². The van der Waals surface area contributed by atoms with Crippen LogP contribution in [-0.2, 0) is 0 Å². The molecule has 0 aliphatic carbocycles. The summed E-state index contributed by atoms with van der Waals surface area (Å²) in [5, 5.41) is 29.7. The van der Waals surface area contributed by atoms with Crippen LogP contribution in [0.5, 0.6) is 0 Å². The minimum absolute atomic E-state index is 0.0513. The minimum atomic E-state index is -2.80. The van der Waals surface area contributed by atoms with Crippen LogP contribution >= 0.6 is 0 Å². The number of alkyl halides is 2. The molecule has 0 spiro atoms. The van der Waals surface area contributed by atoms with Gasteiger partial charge in [0.2, 0.25) is 0 Å². The fourth-order valence-corrected chi connectivity index (χ4v) is 1.35. The topological polar surface area (TPSA) is 76.3 Å². The Morgan fingerprint density at radius 2 is 1.78 bits per heavy atom. The van der Waals surface area contributed by atoms with E-state index in [1.54, 1.807) is 24.3 Å². The Balaban J connectivity index is 2.40. The molecule has 0 amide bonds. The summed E-state index contributed by atoms with van der Waals surface area (Å²) >= 11 is 0. The van der Waals surface area contributed by atoms with Crippen molar-refractivity contribution in [1.82, 2.24) is 5.32 Å². The van der Waals surface area contributed by atoms with Crippen molar-refractivity contribution in [2.24, 2.45) is 0 Å². The number of halogens is 2. The molecule has 2 unspecified atom stereocenters. The molecule has 2 atom stereocenters. The molecule has 0 aromatic heterocycles. The van der Waals surface area contributed by atoms with Gasteiger partial charge in [0.1, 0.15) is 6.10 Å². The maximum atomic E-state index is 12.0. The molecule has 98 valence electrons. The zero-order chi connectivity index (χ0) is 13.5. The summed E-state index contributed by atoms with van der Waals surface area (Å²) in [4.78, 5) is 0. The van der Waals surface area contributed by atoms with Crippen molar-refractivity contribution < 1.29 is 19.0 Å². The average molecular weight is 256 g/mol. The summed E-state index contributed by atoms with van der Waals surface area (Å²) in [6, 6.07) is 8.26. The Labute approximate surface area is 103 Å². The van der Waals surface area contributed by atoms with Crippen molar-refractivity contribution in [2.45, 2.75) is 18.6 Å². The molecule has 3 N–H and O–H groups in total. The van der Waals surface area contributed by atoms with E-state index in [0.29, 0.717) is 11.1 Å². The van der Waals surface area contributed by atoms with Gasteiger partial charge in [0.25, 0.3) is 6.43 Å². The van der Waals surface area contributed by atoms with E-state index in [9.17, 15) is 13.9 Å². The summed E-state index contributed by atoms with van der Waals surface area (Å²) < 4.78 is 24.0. The molecule has 0 saturated heterocycles. The predicted octanol–water partition coefficient (Wildman–Crippen LogP) is 0.807. The molecule has 0 heterocycles. The van der Waals surface area contributed by atoms with Gasteiger partial charge in [-0.25, -0.2) is 8.78 Å². The third kappa shape index (κ3) is 4.37. The standard InChI is InChI=1S/C12H14F2N2O2/c13-12(14)11(18)7-16-6-10(17)9-3-1-8(5-15)2-4-9/h1-4,10-12,16-18H,6-7H2. The van der Waals surface area contributed by atoms with Crippen molar-refractivity contribution in [3.8, 4) is 6.07 Å². The molecule has 0 aliphatic heterocycles. The molecular weight excluding hydrogens is 242 g/mol. The van der Waals surface area contributed by atoms with Crippen LogP contribution in [0.15, 0.2) is 24.3 Å². The number of hydrogen-bond acceptors (Lipinski definition) is 4. The first-order valence-electron chi connectivity index (χ1n) is 5.39. The summed E-state index contributed by atoms with van der Waals surface area (Å²) in [6.07, 6.45) is -5.41. The number of hydrogen-bond donors (Lipinski definition) is 3. The summed E-state index contributed by atoms with van der Waals surface area (Å²) in [5.74, 6) is 0. The first kappa shape index (κ1) is 14.5. The van der Waals surface area contributed by atoms with Crippen LogP contribution in [-0.4, -0.2) is 35.8 Å². The van der Waals surface area contributed by atoms with Gasteiger partial charge in [-0.05, 0) is 17.7 Å².